The number of allylic oxidation sites excluding steroid dienone is 2. The molecule has 148 valence electrons. The van der Waals surface area contributed by atoms with Crippen molar-refractivity contribution in [3.8, 4) is 0 Å². The summed E-state index contributed by atoms with van der Waals surface area (Å²) in [7, 11) is 0. The average Bonchev–Trinajstić information content (AvgIpc) is 3.39. The molecule has 0 radical (unpaired) electrons. The molecule has 6 heteroatoms. The first-order valence-electron chi connectivity index (χ1n) is 10.0. The standard InChI is InChI=1S/C20H31FO3S2/c1-2-3-4-17(21)18(22)7-5-15-9-10-20(23-11-12-24-20)16(15)6-8-19-25-13-14-26-19/h5,7,15-17,19H,2-4,6,8-14H2,1H3. The van der Waals surface area contributed by atoms with E-state index in [1.165, 1.54) is 17.6 Å². The zero-order valence-corrected chi connectivity index (χ0v) is 17.3. The van der Waals surface area contributed by atoms with Crippen molar-refractivity contribution in [3.05, 3.63) is 12.2 Å². The molecule has 0 aromatic rings. The molecule has 0 aromatic carbocycles. The summed E-state index contributed by atoms with van der Waals surface area (Å²) in [5.74, 6) is 2.14. The Labute approximate surface area is 165 Å². The first kappa shape index (κ1) is 20.7. The van der Waals surface area contributed by atoms with Crippen molar-refractivity contribution in [1.82, 2.24) is 0 Å². The number of hydrogen-bond acceptors (Lipinski definition) is 5. The SMILES string of the molecule is CCCCC(F)C(=O)C=CC1CCC2(OCCO2)C1CCC1SCCS1. The van der Waals surface area contributed by atoms with Crippen LogP contribution in [0.15, 0.2) is 12.2 Å². The van der Waals surface area contributed by atoms with Crippen LogP contribution in [-0.2, 0) is 14.3 Å². The minimum absolute atomic E-state index is 0.242. The lowest BCUT2D eigenvalue weighted by atomic mass is 9.88. The van der Waals surface area contributed by atoms with Crippen LogP contribution in [0.25, 0.3) is 0 Å². The summed E-state index contributed by atoms with van der Waals surface area (Å²) in [6, 6.07) is 0. The predicted molar refractivity (Wildman–Crippen MR) is 107 cm³/mol. The fourth-order valence-corrected chi connectivity index (χ4v) is 7.18. The monoisotopic (exact) mass is 402 g/mol. The molecule has 3 fully saturated rings. The Morgan fingerprint density at radius 2 is 2.00 bits per heavy atom. The molecule has 26 heavy (non-hydrogen) atoms. The van der Waals surface area contributed by atoms with Crippen molar-refractivity contribution in [3.63, 3.8) is 0 Å². The molecule has 3 aliphatic rings. The molecule has 3 unspecified atom stereocenters. The molecule has 0 amide bonds. The van der Waals surface area contributed by atoms with Gasteiger partial charge in [0.25, 0.3) is 0 Å². The van der Waals surface area contributed by atoms with Crippen LogP contribution in [0.1, 0.15) is 51.9 Å². The van der Waals surface area contributed by atoms with Gasteiger partial charge in [0, 0.05) is 23.8 Å². The normalized spacial score (nSPS) is 29.9. The second kappa shape index (κ2) is 9.94. The van der Waals surface area contributed by atoms with Crippen LogP contribution in [0, 0.1) is 11.8 Å². The third-order valence-electron chi connectivity index (χ3n) is 5.72. The van der Waals surface area contributed by atoms with Crippen LogP contribution >= 0.6 is 23.5 Å². The highest BCUT2D eigenvalue weighted by molar-refractivity contribution is 8.20. The number of unbranched alkanes of at least 4 members (excludes halogenated alkanes) is 1. The molecule has 0 N–H and O–H groups in total. The van der Waals surface area contributed by atoms with E-state index >= 15 is 0 Å². The summed E-state index contributed by atoms with van der Waals surface area (Å²) in [5.41, 5.74) is 0. The molecule has 2 aliphatic heterocycles. The number of thioether (sulfide) groups is 2. The second-order valence-electron chi connectivity index (χ2n) is 7.44. The maximum absolute atomic E-state index is 13.9. The van der Waals surface area contributed by atoms with Crippen LogP contribution in [0.3, 0.4) is 0 Å². The molecule has 1 saturated carbocycles. The van der Waals surface area contributed by atoms with E-state index in [1.54, 1.807) is 0 Å². The van der Waals surface area contributed by atoms with E-state index in [1.807, 2.05) is 36.5 Å². The van der Waals surface area contributed by atoms with Crippen molar-refractivity contribution in [2.75, 3.05) is 24.7 Å². The number of carbonyl (C=O) groups is 1. The fourth-order valence-electron chi connectivity index (χ4n) is 4.31. The van der Waals surface area contributed by atoms with E-state index in [2.05, 4.69) is 0 Å². The van der Waals surface area contributed by atoms with Crippen molar-refractivity contribution in [2.45, 2.75) is 68.4 Å². The minimum atomic E-state index is -1.36. The Bertz CT molecular complexity index is 487. The van der Waals surface area contributed by atoms with E-state index in [4.69, 9.17) is 9.47 Å². The zero-order chi connectivity index (χ0) is 18.4. The van der Waals surface area contributed by atoms with Crippen molar-refractivity contribution in [2.24, 2.45) is 11.8 Å². The van der Waals surface area contributed by atoms with E-state index in [0.717, 1.165) is 38.5 Å². The lowest BCUT2D eigenvalue weighted by Crippen LogP contribution is -2.36. The molecule has 3 atom stereocenters. The molecule has 1 aliphatic carbocycles. The Balaban J connectivity index is 1.60. The summed E-state index contributed by atoms with van der Waals surface area (Å²) in [5, 5.41) is 0. The highest BCUT2D eigenvalue weighted by atomic mass is 32.2. The molecular formula is C20H31FO3S2. The van der Waals surface area contributed by atoms with Gasteiger partial charge in [-0.2, -0.15) is 0 Å². The van der Waals surface area contributed by atoms with Crippen LogP contribution in [0.5, 0.6) is 0 Å². The van der Waals surface area contributed by atoms with Gasteiger partial charge < -0.3 is 9.47 Å². The minimum Gasteiger partial charge on any atom is -0.347 e. The molecule has 0 aromatic heterocycles. The first-order valence-corrected chi connectivity index (χ1v) is 12.1. The van der Waals surface area contributed by atoms with E-state index in [9.17, 15) is 9.18 Å². The molecule has 3 rings (SSSR count). The van der Waals surface area contributed by atoms with Crippen LogP contribution in [-0.4, -0.2) is 47.0 Å². The number of halogens is 1. The van der Waals surface area contributed by atoms with Crippen LogP contribution < -0.4 is 0 Å². The molecule has 3 nitrogen and oxygen atoms in total. The molecule has 1 spiro atoms. The van der Waals surface area contributed by atoms with Gasteiger partial charge in [0.1, 0.15) is 0 Å². The predicted octanol–water partition coefficient (Wildman–Crippen LogP) is 5.00. The Hall–Kier alpha value is -0.0400. The number of ether oxygens (including phenoxy) is 2. The van der Waals surface area contributed by atoms with E-state index in [-0.39, 0.29) is 17.6 Å². The summed E-state index contributed by atoms with van der Waals surface area (Å²) in [6.07, 6.45) is 8.10. The van der Waals surface area contributed by atoms with Gasteiger partial charge in [0.2, 0.25) is 0 Å². The van der Waals surface area contributed by atoms with Gasteiger partial charge in [0.05, 0.1) is 17.8 Å². The molecule has 2 heterocycles. The van der Waals surface area contributed by atoms with Gasteiger partial charge >= 0.3 is 0 Å². The number of alkyl halides is 1. The third kappa shape index (κ3) is 5.06. The van der Waals surface area contributed by atoms with Gasteiger partial charge in [-0.25, -0.2) is 4.39 Å². The first-order chi connectivity index (χ1) is 12.6. The average molecular weight is 403 g/mol. The molecular weight excluding hydrogens is 371 g/mol. The van der Waals surface area contributed by atoms with Gasteiger partial charge in [-0.1, -0.05) is 25.8 Å². The Kier molecular flexibility index (Phi) is 7.91. The Morgan fingerprint density at radius 3 is 2.69 bits per heavy atom. The van der Waals surface area contributed by atoms with E-state index < -0.39 is 12.0 Å². The third-order valence-corrected chi connectivity index (χ3v) is 8.89. The summed E-state index contributed by atoms with van der Waals surface area (Å²) in [4.78, 5) is 12.1. The molecule has 2 saturated heterocycles. The summed E-state index contributed by atoms with van der Waals surface area (Å²) >= 11 is 4.09. The highest BCUT2D eigenvalue weighted by Gasteiger charge is 2.51. The maximum atomic E-state index is 13.9. The van der Waals surface area contributed by atoms with Crippen molar-refractivity contribution < 1.29 is 18.7 Å². The van der Waals surface area contributed by atoms with Gasteiger partial charge in [0.15, 0.2) is 17.7 Å². The smallest absolute Gasteiger partial charge is 0.189 e. The van der Waals surface area contributed by atoms with Gasteiger partial charge in [-0.3, -0.25) is 4.79 Å². The number of ketones is 1. The topological polar surface area (TPSA) is 35.5 Å². The quantitative estimate of drug-likeness (QED) is 0.507. The number of rotatable bonds is 9. The van der Waals surface area contributed by atoms with Gasteiger partial charge in [-0.05, 0) is 37.7 Å². The van der Waals surface area contributed by atoms with Crippen LogP contribution in [0.4, 0.5) is 4.39 Å². The lowest BCUT2D eigenvalue weighted by molar-refractivity contribution is -0.185. The van der Waals surface area contributed by atoms with Crippen LogP contribution in [0.2, 0.25) is 0 Å². The van der Waals surface area contributed by atoms with Gasteiger partial charge in [-0.15, -0.1) is 23.5 Å². The fraction of sp³-hybridized carbons (Fsp3) is 0.850. The van der Waals surface area contributed by atoms with Crippen molar-refractivity contribution in [1.29, 1.82) is 0 Å². The van der Waals surface area contributed by atoms with E-state index in [0.29, 0.717) is 24.2 Å². The lowest BCUT2D eigenvalue weighted by Gasteiger charge is -2.32. The van der Waals surface area contributed by atoms with Crippen molar-refractivity contribution >= 4 is 29.3 Å². The number of hydrogen-bond donors (Lipinski definition) is 0. The molecule has 0 bridgehead atoms. The second-order valence-corrected chi connectivity index (χ2v) is 10.4. The highest BCUT2D eigenvalue weighted by Crippen LogP contribution is 2.50. The summed E-state index contributed by atoms with van der Waals surface area (Å²) in [6.45, 7) is 3.32. The Morgan fingerprint density at radius 1 is 1.27 bits per heavy atom. The largest absolute Gasteiger partial charge is 0.347 e. The maximum Gasteiger partial charge on any atom is 0.189 e. The zero-order valence-electron chi connectivity index (χ0n) is 15.7. The summed E-state index contributed by atoms with van der Waals surface area (Å²) < 4.78 is 26.7. The number of carbonyl (C=O) groups excluding carboxylic acids is 1.